The maximum atomic E-state index is 15.5. The van der Waals surface area contributed by atoms with Crippen LogP contribution in [0.25, 0.3) is 22.3 Å². The van der Waals surface area contributed by atoms with Gasteiger partial charge < -0.3 is 0 Å². The number of hydrogen-bond donors (Lipinski definition) is 0. The summed E-state index contributed by atoms with van der Waals surface area (Å²) in [6.07, 6.45) is 0. The van der Waals surface area contributed by atoms with Crippen LogP contribution in [0.2, 0.25) is 0 Å². The van der Waals surface area contributed by atoms with Crippen molar-refractivity contribution in [2.75, 3.05) is 0 Å². The molecule has 0 aliphatic rings. The van der Waals surface area contributed by atoms with Crippen LogP contribution in [-0.2, 0) is 5.21 Å². The van der Waals surface area contributed by atoms with E-state index in [1.54, 1.807) is 55.4 Å². The van der Waals surface area contributed by atoms with Crippen molar-refractivity contribution in [3.05, 3.63) is 164 Å². The van der Waals surface area contributed by atoms with Crippen molar-refractivity contribution in [3.63, 3.8) is 0 Å². The van der Waals surface area contributed by atoms with Gasteiger partial charge in [0.2, 0.25) is 11.1 Å². The maximum absolute atomic E-state index is 15.5. The highest BCUT2D eigenvalue weighted by Gasteiger charge is 2.51. The minimum Gasteiger partial charge on any atom is -0.264 e. The first-order valence-electron chi connectivity index (χ1n) is 16.0. The molecule has 4 aromatic rings. The van der Waals surface area contributed by atoms with E-state index in [-0.39, 0.29) is 9.85 Å². The largest absolute Gasteiger partial charge is 0.264 e. The Morgan fingerprint density at radius 3 is 0.854 bits per heavy atom. The van der Waals surface area contributed by atoms with Crippen molar-refractivity contribution in [3.8, 4) is 0 Å². The monoisotopic (exact) mass is 646 g/mol. The smallest absolute Gasteiger partial charge is 0.242 e. The first-order valence-corrected chi connectivity index (χ1v) is 16.0. The number of rotatable bonds is 12. The number of nitro groups is 2. The first-order chi connectivity index (χ1) is 22.5. The van der Waals surface area contributed by atoms with Gasteiger partial charge in [-0.25, -0.2) is 0 Å². The Bertz CT molecular complexity index is 1680. The van der Waals surface area contributed by atoms with Crippen LogP contribution in [0.15, 0.2) is 121 Å². The molecule has 0 saturated heterocycles. The van der Waals surface area contributed by atoms with Gasteiger partial charge in [-0.2, -0.15) is 0 Å². The highest BCUT2D eigenvalue weighted by Crippen LogP contribution is 2.50. The van der Waals surface area contributed by atoms with Crippen molar-refractivity contribution in [2.45, 2.75) is 77.5 Å². The van der Waals surface area contributed by atoms with E-state index >= 15 is 5.21 Å². The summed E-state index contributed by atoms with van der Waals surface area (Å²) in [6.45, 7) is 13.3. The molecule has 0 unspecified atom stereocenters. The van der Waals surface area contributed by atoms with Gasteiger partial charge in [0.15, 0.2) is 0 Å². The first kappa shape index (κ1) is 35.9. The third-order valence-electron chi connectivity index (χ3n) is 9.13. The summed E-state index contributed by atoms with van der Waals surface area (Å²) in [5, 5.41) is 42.0. The lowest BCUT2D eigenvalue weighted by atomic mass is 9.72. The Balaban J connectivity index is 2.17. The van der Waals surface area contributed by atoms with Crippen molar-refractivity contribution in [2.24, 2.45) is 0 Å². The molecule has 4 rings (SSSR count). The number of hydroxylamine groups is 2. The van der Waals surface area contributed by atoms with Gasteiger partial charge in [0, 0.05) is 48.7 Å². The van der Waals surface area contributed by atoms with E-state index < -0.39 is 22.2 Å². The summed E-state index contributed by atoms with van der Waals surface area (Å²) in [6, 6.07) is 36.8. The molecular weight excluding hydrogens is 602 g/mol. The molecule has 0 bridgehead atoms. The highest BCUT2D eigenvalue weighted by atomic mass is 16.6. The zero-order valence-electron chi connectivity index (χ0n) is 28.9. The van der Waals surface area contributed by atoms with Gasteiger partial charge in [-0.05, 0) is 61.1 Å². The summed E-state index contributed by atoms with van der Waals surface area (Å²) in [5.41, 5.74) is -1.69. The van der Waals surface area contributed by atoms with Crippen LogP contribution in [0.1, 0.15) is 77.6 Å². The minimum absolute atomic E-state index is 0.322. The van der Waals surface area contributed by atoms with Crippen LogP contribution in [0.5, 0.6) is 0 Å². The van der Waals surface area contributed by atoms with E-state index in [1.165, 1.54) is 0 Å². The van der Waals surface area contributed by atoms with Crippen molar-refractivity contribution in [1.29, 1.82) is 0 Å². The van der Waals surface area contributed by atoms with Gasteiger partial charge in [-0.1, -0.05) is 121 Å². The number of benzene rings is 4. The van der Waals surface area contributed by atoms with Crippen LogP contribution in [0.3, 0.4) is 0 Å². The Hall–Kier alpha value is -4.92. The number of hydrogen-bond acceptors (Lipinski definition) is 5. The van der Waals surface area contributed by atoms with Crippen LogP contribution in [0.4, 0.5) is 0 Å². The van der Waals surface area contributed by atoms with E-state index in [1.807, 2.05) is 121 Å². The van der Waals surface area contributed by atoms with E-state index in [4.69, 9.17) is 0 Å². The Labute approximate surface area is 283 Å². The molecule has 0 aliphatic carbocycles. The molecule has 1 radical (unpaired) electrons. The van der Waals surface area contributed by atoms with Crippen molar-refractivity contribution < 1.29 is 15.1 Å². The topological polar surface area (TPSA) is 109 Å². The predicted molar refractivity (Wildman–Crippen MR) is 192 cm³/mol. The summed E-state index contributed by atoms with van der Waals surface area (Å²) >= 11 is 0. The van der Waals surface area contributed by atoms with Crippen LogP contribution in [-0.4, -0.2) is 37.1 Å². The molecule has 0 aliphatic heterocycles. The highest BCUT2D eigenvalue weighted by molar-refractivity contribution is 5.99. The summed E-state index contributed by atoms with van der Waals surface area (Å²) in [7, 11) is 0. The van der Waals surface area contributed by atoms with Gasteiger partial charge in [0.25, 0.3) is 0 Å². The SMILES string of the molecule is CC(C)(/C(=C(\c1ccccc1)C(C)(C)[N+](=O)[O-])c1ccccc1)N([O])C(C)(C)/C(=C(\c1ccccc1)C(C)(C)[N+](=O)[O-])c1ccccc1. The predicted octanol–water partition coefficient (Wildman–Crippen LogP) is 9.52. The van der Waals surface area contributed by atoms with E-state index in [0.29, 0.717) is 44.5 Å². The molecule has 8 nitrogen and oxygen atoms in total. The average Bonchev–Trinajstić information content (AvgIpc) is 3.06. The van der Waals surface area contributed by atoms with Gasteiger partial charge in [0.1, 0.15) is 0 Å². The van der Waals surface area contributed by atoms with E-state index in [2.05, 4.69) is 0 Å². The van der Waals surface area contributed by atoms with Crippen LogP contribution < -0.4 is 0 Å². The zero-order chi connectivity index (χ0) is 35.5. The quantitative estimate of drug-likeness (QED) is 0.0865. The fraction of sp³-hybridized carbons (Fsp3) is 0.300. The lowest BCUT2D eigenvalue weighted by Gasteiger charge is -2.47. The summed E-state index contributed by atoms with van der Waals surface area (Å²) < 4.78 is 0. The molecule has 0 atom stereocenters. The van der Waals surface area contributed by atoms with Crippen LogP contribution >= 0.6 is 0 Å². The van der Waals surface area contributed by atoms with Crippen molar-refractivity contribution >= 4 is 22.3 Å². The molecule has 0 aromatic heterocycles. The molecule has 48 heavy (non-hydrogen) atoms. The van der Waals surface area contributed by atoms with Gasteiger partial charge in [-0.3, -0.25) is 20.2 Å². The van der Waals surface area contributed by atoms with Crippen LogP contribution in [0, 0.1) is 20.2 Å². The Morgan fingerprint density at radius 1 is 0.438 bits per heavy atom. The Kier molecular flexibility index (Phi) is 10.2. The molecule has 0 amide bonds. The molecule has 0 spiro atoms. The number of nitrogens with zero attached hydrogens (tertiary/aromatic N) is 3. The van der Waals surface area contributed by atoms with Gasteiger partial charge in [0.05, 0.1) is 11.1 Å². The molecule has 0 heterocycles. The molecular formula is C40H44N3O5. The van der Waals surface area contributed by atoms with Crippen molar-refractivity contribution in [1.82, 2.24) is 5.06 Å². The molecule has 249 valence electrons. The molecule has 0 fully saturated rings. The summed E-state index contributed by atoms with van der Waals surface area (Å²) in [4.78, 5) is 24.9. The second kappa shape index (κ2) is 13.7. The maximum Gasteiger partial charge on any atom is 0.242 e. The standard InChI is InChI=1S/C40H44N3O5/c1-37(2,33(29-21-13-9-14-22-29)35(39(5,6)42(45)46)31-25-17-11-18-26-31)41(44)38(3,4)34(30-23-15-10-16-24-30)36(40(7,8)43(47)48)32-27-19-12-20-28-32/h9-28H,1-8H3/b35-33+,36-34+. The second-order valence-corrected chi connectivity index (χ2v) is 14.0. The molecule has 0 saturated carbocycles. The minimum atomic E-state index is -1.60. The van der Waals surface area contributed by atoms with Gasteiger partial charge in [-0.15, -0.1) is 10.3 Å². The third kappa shape index (κ3) is 6.72. The zero-order valence-corrected chi connectivity index (χ0v) is 28.9. The summed E-state index contributed by atoms with van der Waals surface area (Å²) in [5.74, 6) is 0. The fourth-order valence-corrected chi connectivity index (χ4v) is 6.72. The fourth-order valence-electron chi connectivity index (χ4n) is 6.72. The lowest BCUT2D eigenvalue weighted by molar-refractivity contribution is -0.541. The molecule has 0 N–H and O–H groups in total. The lowest BCUT2D eigenvalue weighted by Crippen LogP contribution is -2.55. The third-order valence-corrected chi connectivity index (χ3v) is 9.13. The Morgan fingerprint density at radius 2 is 0.646 bits per heavy atom. The molecule has 8 heteroatoms. The average molecular weight is 647 g/mol. The van der Waals surface area contributed by atoms with Gasteiger partial charge >= 0.3 is 0 Å². The second-order valence-electron chi connectivity index (χ2n) is 14.0. The molecule has 4 aromatic carbocycles. The van der Waals surface area contributed by atoms with E-state index in [9.17, 15) is 20.2 Å². The normalized spacial score (nSPS) is 13.9. The van der Waals surface area contributed by atoms with E-state index in [0.717, 1.165) is 5.06 Å².